The molecular formula is C48H38N4. The van der Waals surface area contributed by atoms with E-state index in [0.29, 0.717) is 0 Å². The number of benzene rings is 5. The lowest BCUT2D eigenvalue weighted by Crippen LogP contribution is -2.30. The van der Waals surface area contributed by atoms with E-state index in [1.165, 1.54) is 55.7 Å². The van der Waals surface area contributed by atoms with Crippen molar-refractivity contribution in [1.82, 2.24) is 5.32 Å². The Kier molecular flexibility index (Phi) is 7.38. The molecule has 0 saturated carbocycles. The fourth-order valence-electron chi connectivity index (χ4n) is 7.89. The van der Waals surface area contributed by atoms with Crippen LogP contribution in [0.25, 0.3) is 29.5 Å². The van der Waals surface area contributed by atoms with E-state index in [2.05, 4.69) is 203 Å². The summed E-state index contributed by atoms with van der Waals surface area (Å²) in [7, 11) is 0. The number of allylic oxidation sites excluding steroid dienone is 4. The zero-order valence-corrected chi connectivity index (χ0v) is 28.6. The summed E-state index contributed by atoms with van der Waals surface area (Å²) in [4.78, 5) is 0. The van der Waals surface area contributed by atoms with Crippen LogP contribution in [0.4, 0.5) is 17.1 Å². The third-order valence-electron chi connectivity index (χ3n) is 10.8. The first-order chi connectivity index (χ1) is 25.7. The summed E-state index contributed by atoms with van der Waals surface area (Å²) in [6.45, 7) is 0. The van der Waals surface area contributed by atoms with E-state index in [1.807, 2.05) is 0 Å². The molecule has 0 saturated heterocycles. The molecule has 0 aromatic heterocycles. The van der Waals surface area contributed by atoms with Crippen molar-refractivity contribution in [3.8, 4) is 0 Å². The van der Waals surface area contributed by atoms with E-state index in [-0.39, 0.29) is 24.2 Å². The molecule has 1 aliphatic carbocycles. The van der Waals surface area contributed by atoms with Crippen LogP contribution in [-0.2, 0) is 0 Å². The number of rotatable bonds is 5. The maximum absolute atomic E-state index is 3.85. The van der Waals surface area contributed by atoms with Gasteiger partial charge in [-0.25, -0.2) is 0 Å². The lowest BCUT2D eigenvalue weighted by molar-refractivity contribution is 0.814. The van der Waals surface area contributed by atoms with Gasteiger partial charge < -0.3 is 21.3 Å². The van der Waals surface area contributed by atoms with Gasteiger partial charge in [0.05, 0.1) is 35.5 Å². The van der Waals surface area contributed by atoms with Crippen LogP contribution in [0.1, 0.15) is 62.6 Å². The van der Waals surface area contributed by atoms with Crippen LogP contribution < -0.4 is 21.3 Å². The highest BCUT2D eigenvalue weighted by atomic mass is 15.0. The van der Waals surface area contributed by atoms with Gasteiger partial charge in [0.25, 0.3) is 0 Å². The molecule has 0 fully saturated rings. The Morgan fingerprint density at radius 1 is 0.404 bits per heavy atom. The molecular weight excluding hydrogens is 633 g/mol. The van der Waals surface area contributed by atoms with E-state index in [1.54, 1.807) is 0 Å². The number of hydrogen-bond donors (Lipinski definition) is 4. The molecule has 4 aliphatic heterocycles. The van der Waals surface area contributed by atoms with Crippen molar-refractivity contribution < 1.29 is 0 Å². The largest absolute Gasteiger partial charge is 0.374 e. The minimum absolute atomic E-state index is 0.0827. The molecule has 5 aromatic rings. The quantitative estimate of drug-likeness (QED) is 0.150. The maximum atomic E-state index is 3.85. The topological polar surface area (TPSA) is 48.1 Å². The van der Waals surface area contributed by atoms with Crippen molar-refractivity contribution in [2.24, 2.45) is 0 Å². The van der Waals surface area contributed by atoms with Crippen LogP contribution in [0.2, 0.25) is 0 Å². The predicted molar refractivity (Wildman–Crippen MR) is 219 cm³/mol. The second-order valence-electron chi connectivity index (χ2n) is 14.0. The van der Waals surface area contributed by atoms with Crippen LogP contribution >= 0.6 is 0 Å². The summed E-state index contributed by atoms with van der Waals surface area (Å²) in [5, 5.41) is 15.2. The molecule has 4 nitrogen and oxygen atoms in total. The first-order valence-corrected chi connectivity index (χ1v) is 18.2. The third-order valence-corrected chi connectivity index (χ3v) is 10.8. The molecule has 52 heavy (non-hydrogen) atoms. The highest BCUT2D eigenvalue weighted by Gasteiger charge is 2.24. The van der Waals surface area contributed by atoms with Gasteiger partial charge in [0, 0.05) is 11.4 Å². The molecule has 0 amide bonds. The number of hydrogen-bond acceptors (Lipinski definition) is 4. The summed E-state index contributed by atoms with van der Waals surface area (Å²) < 4.78 is 0. The average molecular weight is 671 g/mol. The van der Waals surface area contributed by atoms with Gasteiger partial charge in [0.15, 0.2) is 0 Å². The Balaban J connectivity index is 0.844. The maximum Gasteiger partial charge on any atom is 0.0702 e. The van der Waals surface area contributed by atoms with Crippen LogP contribution in [0.5, 0.6) is 0 Å². The summed E-state index contributed by atoms with van der Waals surface area (Å²) in [5.41, 5.74) is 16.9. The number of dihydropyridines is 1. The van der Waals surface area contributed by atoms with Crippen LogP contribution in [0.15, 0.2) is 169 Å². The molecule has 5 aliphatic rings. The first-order valence-electron chi connectivity index (χ1n) is 18.2. The highest BCUT2D eigenvalue weighted by molar-refractivity contribution is 5.90. The van der Waals surface area contributed by atoms with Crippen molar-refractivity contribution in [3.05, 3.63) is 214 Å². The monoisotopic (exact) mass is 670 g/mol. The van der Waals surface area contributed by atoms with Gasteiger partial charge in [0.2, 0.25) is 0 Å². The molecule has 0 spiro atoms. The summed E-state index contributed by atoms with van der Waals surface area (Å²) in [6, 6.07) is 41.8. The summed E-state index contributed by atoms with van der Waals surface area (Å²) in [5.74, 6) is 0. The van der Waals surface area contributed by atoms with Crippen molar-refractivity contribution in [3.63, 3.8) is 0 Å². The predicted octanol–water partition coefficient (Wildman–Crippen LogP) is 11.1. The van der Waals surface area contributed by atoms with Crippen molar-refractivity contribution in [2.75, 3.05) is 16.0 Å². The van der Waals surface area contributed by atoms with Crippen molar-refractivity contribution in [1.29, 1.82) is 0 Å². The molecule has 4 unspecified atom stereocenters. The van der Waals surface area contributed by atoms with E-state index in [4.69, 9.17) is 0 Å². The molecule has 4 heteroatoms. The van der Waals surface area contributed by atoms with Crippen LogP contribution in [0.3, 0.4) is 0 Å². The van der Waals surface area contributed by atoms with E-state index >= 15 is 0 Å². The first kappa shape index (κ1) is 30.3. The molecule has 5 aromatic carbocycles. The molecule has 250 valence electrons. The Bertz CT molecular complexity index is 2410. The molecule has 4 heterocycles. The third kappa shape index (κ3) is 5.59. The minimum atomic E-state index is 0.0827. The van der Waals surface area contributed by atoms with E-state index in [0.717, 1.165) is 22.8 Å². The standard InChI is InChI=1S/C48H38N4/c1-3-7-31(8-4-1)38-22-27-44-39(29-38)23-28-45(49-44)40-18-15-35-19-24-41(50-46(35)30-40)33-11-13-34(14-12-33)43-26-21-37-17-16-36-20-25-42(32-9-5-2-6-10-32)51-47(36)48(37)52-43/h1-30,41-44,49-52H. The SMILES string of the molecule is C1=CC2NC(c3ccc4c(c3)NC(c3ccc(C5C=Cc6ccc7c(c6N5)NC(c5ccccc5)C=C7)cc3)C=C4)=CC=C2C=C1c1ccccc1. The van der Waals surface area contributed by atoms with Gasteiger partial charge in [-0.2, -0.15) is 0 Å². The van der Waals surface area contributed by atoms with Gasteiger partial charge >= 0.3 is 0 Å². The van der Waals surface area contributed by atoms with Gasteiger partial charge in [-0.3, -0.25) is 0 Å². The molecule has 0 bridgehead atoms. The van der Waals surface area contributed by atoms with Gasteiger partial charge in [-0.1, -0.05) is 164 Å². The van der Waals surface area contributed by atoms with Gasteiger partial charge in [-0.15, -0.1) is 0 Å². The van der Waals surface area contributed by atoms with Crippen LogP contribution in [-0.4, -0.2) is 6.04 Å². The highest BCUT2D eigenvalue weighted by Crippen LogP contribution is 2.43. The average Bonchev–Trinajstić information content (AvgIpc) is 3.23. The second-order valence-corrected chi connectivity index (χ2v) is 14.0. The number of anilines is 3. The summed E-state index contributed by atoms with van der Waals surface area (Å²) >= 11 is 0. The summed E-state index contributed by atoms with van der Waals surface area (Å²) in [6.07, 6.45) is 24.7. The minimum Gasteiger partial charge on any atom is -0.374 e. The molecule has 4 N–H and O–H groups in total. The van der Waals surface area contributed by atoms with Crippen molar-refractivity contribution in [2.45, 2.75) is 24.2 Å². The Morgan fingerprint density at radius 2 is 0.962 bits per heavy atom. The Labute approximate surface area is 305 Å². The smallest absolute Gasteiger partial charge is 0.0702 e. The fourth-order valence-corrected chi connectivity index (χ4v) is 7.89. The van der Waals surface area contributed by atoms with Gasteiger partial charge in [-0.05, 0) is 73.9 Å². The van der Waals surface area contributed by atoms with E-state index in [9.17, 15) is 0 Å². The number of nitrogens with one attached hydrogen (secondary N) is 4. The molecule has 0 radical (unpaired) electrons. The fraction of sp³-hybridized carbons (Fsp3) is 0.0833. The molecule has 4 atom stereocenters. The van der Waals surface area contributed by atoms with Crippen molar-refractivity contribution >= 4 is 46.6 Å². The number of fused-ring (bicyclic) bond motifs is 5. The lowest BCUT2D eigenvalue weighted by atomic mass is 9.90. The van der Waals surface area contributed by atoms with Gasteiger partial charge in [0.1, 0.15) is 0 Å². The normalized spacial score (nSPS) is 21.7. The molecule has 10 rings (SSSR count). The Hall–Kier alpha value is -6.52. The zero-order chi connectivity index (χ0) is 34.4. The van der Waals surface area contributed by atoms with Crippen LogP contribution in [0, 0.1) is 0 Å². The second kappa shape index (κ2) is 12.7. The van der Waals surface area contributed by atoms with E-state index < -0.39 is 0 Å². The lowest BCUT2D eigenvalue weighted by Gasteiger charge is -2.30. The zero-order valence-electron chi connectivity index (χ0n) is 28.6. The Morgan fingerprint density at radius 3 is 1.63 bits per heavy atom.